The first kappa shape index (κ1) is 10.3. The molecule has 0 radical (unpaired) electrons. The normalized spacial score (nSPS) is 12.5. The van der Waals surface area contributed by atoms with Gasteiger partial charge in [-0.05, 0) is 25.3 Å². The highest BCUT2D eigenvalue weighted by atomic mass is 32.2. The zero-order valence-corrected chi connectivity index (χ0v) is 8.57. The number of thioether (sulfide) groups is 1. The van der Waals surface area contributed by atoms with E-state index in [4.69, 9.17) is 0 Å². The molecule has 1 atom stereocenters. The van der Waals surface area contributed by atoms with Crippen molar-refractivity contribution in [3.63, 3.8) is 0 Å². The average molecular weight is 200 g/mol. The summed E-state index contributed by atoms with van der Waals surface area (Å²) >= 11 is 1.77. The summed E-state index contributed by atoms with van der Waals surface area (Å²) in [4.78, 5) is 3.91. The average Bonchev–Trinajstić information content (AvgIpc) is 2.09. The van der Waals surface area contributed by atoms with Crippen LogP contribution in [0.2, 0.25) is 0 Å². The number of hydrogen-bond acceptors (Lipinski definition) is 3. The summed E-state index contributed by atoms with van der Waals surface area (Å²) in [6, 6.07) is 3.40. The molecule has 1 aromatic rings. The van der Waals surface area contributed by atoms with Gasteiger partial charge in [-0.1, -0.05) is 0 Å². The van der Waals surface area contributed by atoms with Gasteiger partial charge in [-0.25, -0.2) is 9.37 Å². The molecule has 72 valence electrons. The molecule has 1 heterocycles. The second-order valence-electron chi connectivity index (χ2n) is 2.86. The van der Waals surface area contributed by atoms with E-state index < -0.39 is 0 Å². The molecule has 0 aliphatic rings. The Hall–Kier alpha value is -0.770. The molecule has 0 amide bonds. The minimum Gasteiger partial charge on any atom is -0.367 e. The summed E-state index contributed by atoms with van der Waals surface area (Å²) in [6.45, 7) is 2.07. The van der Waals surface area contributed by atoms with Crippen LogP contribution < -0.4 is 5.32 Å². The molecule has 0 aliphatic heterocycles. The third-order valence-corrected chi connectivity index (χ3v) is 2.37. The lowest BCUT2D eigenvalue weighted by molar-refractivity contribution is 0.621. The number of nitrogens with one attached hydrogen (secondary N) is 1. The first-order valence-corrected chi connectivity index (χ1v) is 5.49. The Balaban J connectivity index is 2.49. The van der Waals surface area contributed by atoms with E-state index >= 15 is 0 Å². The molecular formula is C9H13FN2S. The third kappa shape index (κ3) is 3.63. The van der Waals surface area contributed by atoms with Crippen molar-refractivity contribution in [3.05, 3.63) is 24.1 Å². The Morgan fingerprint density at radius 2 is 2.38 bits per heavy atom. The Bertz CT molecular complexity index is 250. The van der Waals surface area contributed by atoms with Crippen molar-refractivity contribution in [2.75, 3.05) is 17.3 Å². The predicted octanol–water partition coefficient (Wildman–Crippen LogP) is 2.38. The van der Waals surface area contributed by atoms with E-state index in [1.54, 1.807) is 17.8 Å². The van der Waals surface area contributed by atoms with Gasteiger partial charge in [0.15, 0.2) is 0 Å². The van der Waals surface area contributed by atoms with Crippen LogP contribution in [0.25, 0.3) is 0 Å². The summed E-state index contributed by atoms with van der Waals surface area (Å²) in [5, 5.41) is 3.17. The van der Waals surface area contributed by atoms with Crippen LogP contribution in [0.1, 0.15) is 6.92 Å². The van der Waals surface area contributed by atoms with Gasteiger partial charge in [-0.2, -0.15) is 11.8 Å². The minimum atomic E-state index is -0.303. The maximum absolute atomic E-state index is 12.5. The van der Waals surface area contributed by atoms with E-state index in [1.807, 2.05) is 0 Å². The smallest absolute Gasteiger partial charge is 0.141 e. The predicted molar refractivity (Wildman–Crippen MR) is 55.7 cm³/mol. The first-order chi connectivity index (χ1) is 6.22. The largest absolute Gasteiger partial charge is 0.367 e. The van der Waals surface area contributed by atoms with Gasteiger partial charge in [-0.3, -0.25) is 0 Å². The number of nitrogens with zero attached hydrogens (tertiary/aromatic N) is 1. The Morgan fingerprint density at radius 1 is 1.62 bits per heavy atom. The number of pyridine rings is 1. The first-order valence-electron chi connectivity index (χ1n) is 4.09. The number of rotatable bonds is 4. The summed E-state index contributed by atoms with van der Waals surface area (Å²) in [5.41, 5.74) is 0. The van der Waals surface area contributed by atoms with E-state index in [9.17, 15) is 4.39 Å². The topological polar surface area (TPSA) is 24.9 Å². The number of anilines is 1. The maximum atomic E-state index is 12.5. The molecular weight excluding hydrogens is 187 g/mol. The maximum Gasteiger partial charge on any atom is 0.141 e. The van der Waals surface area contributed by atoms with Gasteiger partial charge in [0.25, 0.3) is 0 Å². The van der Waals surface area contributed by atoms with Crippen molar-refractivity contribution in [2.45, 2.75) is 13.0 Å². The van der Waals surface area contributed by atoms with Crippen LogP contribution in [0.15, 0.2) is 18.3 Å². The molecule has 1 rings (SSSR count). The molecule has 0 aliphatic carbocycles. The van der Waals surface area contributed by atoms with Gasteiger partial charge in [0.05, 0.1) is 6.20 Å². The lowest BCUT2D eigenvalue weighted by atomic mass is 10.3. The second-order valence-corrected chi connectivity index (χ2v) is 3.77. The summed E-state index contributed by atoms with van der Waals surface area (Å²) in [6.07, 6.45) is 3.27. The Kier molecular flexibility index (Phi) is 4.02. The number of hydrogen-bond donors (Lipinski definition) is 1. The van der Waals surface area contributed by atoms with E-state index in [1.165, 1.54) is 12.3 Å². The Morgan fingerprint density at radius 3 is 2.92 bits per heavy atom. The standard InChI is InChI=1S/C9H13FN2S/c1-7(6-13-2)12-9-4-3-8(10)5-11-9/h3-5,7H,6H2,1-2H3,(H,11,12). The second kappa shape index (κ2) is 5.07. The highest BCUT2D eigenvalue weighted by Crippen LogP contribution is 2.07. The van der Waals surface area contributed by atoms with E-state index in [0.717, 1.165) is 11.6 Å². The molecule has 13 heavy (non-hydrogen) atoms. The van der Waals surface area contributed by atoms with E-state index in [2.05, 4.69) is 23.5 Å². The number of aromatic nitrogens is 1. The van der Waals surface area contributed by atoms with Crippen LogP contribution in [0.5, 0.6) is 0 Å². The summed E-state index contributed by atoms with van der Waals surface area (Å²) in [7, 11) is 0. The third-order valence-electron chi connectivity index (χ3n) is 1.54. The highest BCUT2D eigenvalue weighted by Gasteiger charge is 2.01. The van der Waals surface area contributed by atoms with Crippen molar-refractivity contribution in [1.82, 2.24) is 4.98 Å². The van der Waals surface area contributed by atoms with Gasteiger partial charge in [0.2, 0.25) is 0 Å². The summed E-state index contributed by atoms with van der Waals surface area (Å²) in [5.74, 6) is 1.44. The van der Waals surface area contributed by atoms with E-state index in [-0.39, 0.29) is 5.82 Å². The summed E-state index contributed by atoms with van der Waals surface area (Å²) < 4.78 is 12.5. The molecule has 1 N–H and O–H groups in total. The SMILES string of the molecule is CSCC(C)Nc1ccc(F)cn1. The van der Waals surface area contributed by atoms with Crippen LogP contribution in [0.4, 0.5) is 10.2 Å². The Labute approximate surface area is 81.9 Å². The fourth-order valence-electron chi connectivity index (χ4n) is 1.01. The molecule has 0 bridgehead atoms. The van der Waals surface area contributed by atoms with Crippen LogP contribution in [-0.2, 0) is 0 Å². The molecule has 4 heteroatoms. The zero-order chi connectivity index (χ0) is 9.68. The molecule has 2 nitrogen and oxygen atoms in total. The van der Waals surface area contributed by atoms with Crippen molar-refractivity contribution in [3.8, 4) is 0 Å². The molecule has 0 aromatic carbocycles. The molecule has 0 spiro atoms. The van der Waals surface area contributed by atoms with Gasteiger partial charge < -0.3 is 5.32 Å². The quantitative estimate of drug-likeness (QED) is 0.807. The lowest BCUT2D eigenvalue weighted by Crippen LogP contribution is -2.18. The molecule has 0 saturated heterocycles. The molecule has 0 fully saturated rings. The van der Waals surface area contributed by atoms with Gasteiger partial charge >= 0.3 is 0 Å². The minimum absolute atomic E-state index is 0.303. The van der Waals surface area contributed by atoms with Gasteiger partial charge in [0, 0.05) is 11.8 Å². The molecule has 1 aromatic heterocycles. The fourth-order valence-corrected chi connectivity index (χ4v) is 1.59. The van der Waals surface area contributed by atoms with Crippen molar-refractivity contribution in [2.24, 2.45) is 0 Å². The highest BCUT2D eigenvalue weighted by molar-refractivity contribution is 7.98. The molecule has 1 unspecified atom stereocenters. The van der Waals surface area contributed by atoms with Gasteiger partial charge in [-0.15, -0.1) is 0 Å². The lowest BCUT2D eigenvalue weighted by Gasteiger charge is -2.12. The van der Waals surface area contributed by atoms with Crippen LogP contribution in [0.3, 0.4) is 0 Å². The van der Waals surface area contributed by atoms with Crippen LogP contribution in [-0.4, -0.2) is 23.0 Å². The zero-order valence-electron chi connectivity index (χ0n) is 7.75. The van der Waals surface area contributed by atoms with Crippen molar-refractivity contribution >= 4 is 17.6 Å². The van der Waals surface area contributed by atoms with Crippen LogP contribution in [0, 0.1) is 5.82 Å². The van der Waals surface area contributed by atoms with Crippen LogP contribution >= 0.6 is 11.8 Å². The van der Waals surface area contributed by atoms with Crippen molar-refractivity contribution < 1.29 is 4.39 Å². The van der Waals surface area contributed by atoms with Crippen molar-refractivity contribution in [1.29, 1.82) is 0 Å². The monoisotopic (exact) mass is 200 g/mol. The molecule has 0 saturated carbocycles. The van der Waals surface area contributed by atoms with Gasteiger partial charge in [0.1, 0.15) is 11.6 Å². The number of halogens is 1. The van der Waals surface area contributed by atoms with E-state index in [0.29, 0.717) is 6.04 Å². The fraction of sp³-hybridized carbons (Fsp3) is 0.444.